The van der Waals surface area contributed by atoms with E-state index in [-0.39, 0.29) is 11.8 Å². The van der Waals surface area contributed by atoms with E-state index < -0.39 is 6.04 Å². The van der Waals surface area contributed by atoms with E-state index in [2.05, 4.69) is 0 Å². The van der Waals surface area contributed by atoms with Gasteiger partial charge in [-0.05, 0) is 12.0 Å². The van der Waals surface area contributed by atoms with Crippen molar-refractivity contribution in [3.8, 4) is 0 Å². The van der Waals surface area contributed by atoms with Crippen LogP contribution in [-0.4, -0.2) is 47.8 Å². The van der Waals surface area contributed by atoms with Gasteiger partial charge in [0.15, 0.2) is 0 Å². The Kier molecular flexibility index (Phi) is 4.74. The molecule has 0 bridgehead atoms. The largest absolute Gasteiger partial charge is 0.341 e. The number of hydrogen-bond donors (Lipinski definition) is 1. The SMILES string of the molecule is CC(=O)N1CCCN(C(=O)C(N)c2ccccc2)CC1. The summed E-state index contributed by atoms with van der Waals surface area (Å²) >= 11 is 0. The lowest BCUT2D eigenvalue weighted by Crippen LogP contribution is -2.41. The molecule has 2 rings (SSSR count). The number of benzene rings is 1. The van der Waals surface area contributed by atoms with Gasteiger partial charge in [-0.2, -0.15) is 0 Å². The molecule has 2 amide bonds. The summed E-state index contributed by atoms with van der Waals surface area (Å²) in [6, 6.07) is 8.76. The molecule has 1 aromatic carbocycles. The van der Waals surface area contributed by atoms with Gasteiger partial charge in [0.05, 0.1) is 0 Å². The second-order valence-corrected chi connectivity index (χ2v) is 5.07. The van der Waals surface area contributed by atoms with Crippen LogP contribution in [0.5, 0.6) is 0 Å². The van der Waals surface area contributed by atoms with Crippen molar-refractivity contribution in [1.82, 2.24) is 9.80 Å². The van der Waals surface area contributed by atoms with E-state index in [1.165, 1.54) is 0 Å². The van der Waals surface area contributed by atoms with Gasteiger partial charge in [-0.3, -0.25) is 9.59 Å². The highest BCUT2D eigenvalue weighted by atomic mass is 16.2. The quantitative estimate of drug-likeness (QED) is 0.867. The van der Waals surface area contributed by atoms with Crippen LogP contribution in [0.2, 0.25) is 0 Å². The van der Waals surface area contributed by atoms with Crippen molar-refractivity contribution < 1.29 is 9.59 Å². The zero-order valence-electron chi connectivity index (χ0n) is 11.8. The molecule has 2 N–H and O–H groups in total. The number of nitrogens with zero attached hydrogens (tertiary/aromatic N) is 2. The van der Waals surface area contributed by atoms with E-state index in [1.807, 2.05) is 30.3 Å². The van der Waals surface area contributed by atoms with Gasteiger partial charge in [-0.25, -0.2) is 0 Å². The van der Waals surface area contributed by atoms with Gasteiger partial charge in [0.25, 0.3) is 0 Å². The molecule has 5 nitrogen and oxygen atoms in total. The summed E-state index contributed by atoms with van der Waals surface area (Å²) < 4.78 is 0. The second kappa shape index (κ2) is 6.52. The Morgan fingerprint density at radius 2 is 1.65 bits per heavy atom. The second-order valence-electron chi connectivity index (χ2n) is 5.07. The number of amides is 2. The van der Waals surface area contributed by atoms with Crippen molar-refractivity contribution >= 4 is 11.8 Å². The Hall–Kier alpha value is -1.88. The minimum absolute atomic E-state index is 0.0617. The molecule has 1 heterocycles. The summed E-state index contributed by atoms with van der Waals surface area (Å²) in [4.78, 5) is 27.4. The molecule has 1 saturated heterocycles. The van der Waals surface area contributed by atoms with E-state index in [0.29, 0.717) is 26.2 Å². The van der Waals surface area contributed by atoms with Crippen LogP contribution in [0.1, 0.15) is 24.9 Å². The smallest absolute Gasteiger partial charge is 0.244 e. The van der Waals surface area contributed by atoms with Crippen LogP contribution < -0.4 is 5.73 Å². The Bertz CT molecular complexity index is 475. The van der Waals surface area contributed by atoms with Gasteiger partial charge in [-0.1, -0.05) is 30.3 Å². The lowest BCUT2D eigenvalue weighted by Gasteiger charge is -2.24. The average Bonchev–Trinajstić information content (AvgIpc) is 2.72. The molecule has 0 aliphatic carbocycles. The van der Waals surface area contributed by atoms with Gasteiger partial charge in [-0.15, -0.1) is 0 Å². The van der Waals surface area contributed by atoms with Gasteiger partial charge in [0.2, 0.25) is 11.8 Å². The molecule has 1 unspecified atom stereocenters. The highest BCUT2D eigenvalue weighted by Crippen LogP contribution is 2.14. The molecular weight excluding hydrogens is 254 g/mol. The third kappa shape index (κ3) is 3.36. The number of carbonyl (C=O) groups is 2. The van der Waals surface area contributed by atoms with Crippen LogP contribution in [0.3, 0.4) is 0 Å². The summed E-state index contributed by atoms with van der Waals surface area (Å²) in [7, 11) is 0. The summed E-state index contributed by atoms with van der Waals surface area (Å²) in [5, 5.41) is 0. The van der Waals surface area contributed by atoms with Crippen LogP contribution in [0.4, 0.5) is 0 Å². The average molecular weight is 275 g/mol. The monoisotopic (exact) mass is 275 g/mol. The van der Waals surface area contributed by atoms with Crippen LogP contribution in [0, 0.1) is 0 Å². The minimum atomic E-state index is -0.625. The maximum absolute atomic E-state index is 12.4. The van der Waals surface area contributed by atoms with E-state index in [0.717, 1.165) is 12.0 Å². The normalized spacial score (nSPS) is 17.5. The third-order valence-corrected chi connectivity index (χ3v) is 3.68. The van der Waals surface area contributed by atoms with E-state index in [4.69, 9.17) is 5.73 Å². The lowest BCUT2D eigenvalue weighted by atomic mass is 10.1. The molecule has 20 heavy (non-hydrogen) atoms. The molecule has 1 aliphatic heterocycles. The minimum Gasteiger partial charge on any atom is -0.341 e. The molecular formula is C15H21N3O2. The van der Waals surface area contributed by atoms with E-state index in [9.17, 15) is 9.59 Å². The fourth-order valence-corrected chi connectivity index (χ4v) is 2.45. The van der Waals surface area contributed by atoms with E-state index in [1.54, 1.807) is 16.7 Å². The topological polar surface area (TPSA) is 66.6 Å². The fourth-order valence-electron chi connectivity index (χ4n) is 2.45. The number of nitrogens with two attached hydrogens (primary N) is 1. The Balaban J connectivity index is 2.01. The molecule has 0 spiro atoms. The van der Waals surface area contributed by atoms with Gasteiger partial charge < -0.3 is 15.5 Å². The third-order valence-electron chi connectivity index (χ3n) is 3.68. The van der Waals surface area contributed by atoms with Crippen LogP contribution >= 0.6 is 0 Å². The molecule has 0 aromatic heterocycles. The molecule has 0 saturated carbocycles. The Morgan fingerprint density at radius 3 is 2.30 bits per heavy atom. The first-order valence-corrected chi connectivity index (χ1v) is 6.94. The summed E-state index contributed by atoms with van der Waals surface area (Å²) in [5.74, 6) is -0.00624. The van der Waals surface area contributed by atoms with Crippen molar-refractivity contribution in [1.29, 1.82) is 0 Å². The molecule has 1 fully saturated rings. The zero-order chi connectivity index (χ0) is 14.5. The van der Waals surface area contributed by atoms with Crippen molar-refractivity contribution in [2.24, 2.45) is 5.73 Å². The predicted molar refractivity (Wildman–Crippen MR) is 76.8 cm³/mol. The fraction of sp³-hybridized carbons (Fsp3) is 0.467. The number of carbonyl (C=O) groups excluding carboxylic acids is 2. The standard InChI is InChI=1S/C15H21N3O2/c1-12(19)17-8-5-9-18(11-10-17)15(20)14(16)13-6-3-2-4-7-13/h2-4,6-7,14H,5,8-11,16H2,1H3. The van der Waals surface area contributed by atoms with E-state index >= 15 is 0 Å². The molecule has 0 radical (unpaired) electrons. The predicted octanol–water partition coefficient (Wildman–Crippen LogP) is 0.767. The van der Waals surface area contributed by atoms with Gasteiger partial charge in [0, 0.05) is 33.1 Å². The lowest BCUT2D eigenvalue weighted by molar-refractivity contribution is -0.133. The molecule has 1 aromatic rings. The first kappa shape index (κ1) is 14.5. The Morgan fingerprint density at radius 1 is 1.05 bits per heavy atom. The molecule has 1 aliphatic rings. The maximum atomic E-state index is 12.4. The number of rotatable bonds is 2. The molecule has 1 atom stereocenters. The summed E-state index contributed by atoms with van der Waals surface area (Å²) in [5.41, 5.74) is 6.87. The maximum Gasteiger partial charge on any atom is 0.244 e. The van der Waals surface area contributed by atoms with Crippen molar-refractivity contribution in [3.05, 3.63) is 35.9 Å². The molecule has 108 valence electrons. The van der Waals surface area contributed by atoms with Crippen molar-refractivity contribution in [2.75, 3.05) is 26.2 Å². The van der Waals surface area contributed by atoms with Crippen LogP contribution in [0.15, 0.2) is 30.3 Å². The summed E-state index contributed by atoms with van der Waals surface area (Å²) in [6.07, 6.45) is 0.798. The molecule has 5 heteroatoms. The van der Waals surface area contributed by atoms with Crippen molar-refractivity contribution in [3.63, 3.8) is 0 Å². The zero-order valence-corrected chi connectivity index (χ0v) is 11.8. The van der Waals surface area contributed by atoms with Crippen LogP contribution in [0.25, 0.3) is 0 Å². The Labute approximate surface area is 119 Å². The van der Waals surface area contributed by atoms with Gasteiger partial charge >= 0.3 is 0 Å². The highest BCUT2D eigenvalue weighted by Gasteiger charge is 2.25. The van der Waals surface area contributed by atoms with Crippen molar-refractivity contribution in [2.45, 2.75) is 19.4 Å². The van der Waals surface area contributed by atoms with Gasteiger partial charge in [0.1, 0.15) is 6.04 Å². The number of hydrogen-bond acceptors (Lipinski definition) is 3. The summed E-state index contributed by atoms with van der Waals surface area (Å²) in [6.45, 7) is 4.07. The first-order chi connectivity index (χ1) is 9.59. The first-order valence-electron chi connectivity index (χ1n) is 6.94. The van der Waals surface area contributed by atoms with Crippen LogP contribution in [-0.2, 0) is 9.59 Å². The highest BCUT2D eigenvalue weighted by molar-refractivity contribution is 5.83.